The van der Waals surface area contributed by atoms with Gasteiger partial charge in [-0.15, -0.1) is 0 Å². The van der Waals surface area contributed by atoms with Gasteiger partial charge in [-0.05, 0) is 12.5 Å². The van der Waals surface area contributed by atoms with Gasteiger partial charge in [-0.25, -0.2) is 4.79 Å². The van der Waals surface area contributed by atoms with Gasteiger partial charge in [0.1, 0.15) is 0 Å². The Labute approximate surface area is 93.8 Å². The molecule has 1 rings (SSSR count). The molecule has 0 spiro atoms. The minimum atomic E-state index is -1.18. The normalized spacial score (nSPS) is 12.1. The van der Waals surface area contributed by atoms with E-state index in [0.29, 0.717) is 0 Å². The standard InChI is InChI=1S/C11H15NO4/c1-9(10-5-3-2-4-6-10)12(11(14)15)16-8-7-13/h2-6,9,13H,7-8H2,1H3,(H,14,15). The number of carboxylic acid groups (broad SMARTS) is 1. The monoisotopic (exact) mass is 225 g/mol. The van der Waals surface area contributed by atoms with Crippen molar-refractivity contribution in [2.75, 3.05) is 13.2 Å². The average Bonchev–Trinajstić information content (AvgIpc) is 2.30. The Hall–Kier alpha value is -1.59. The second-order valence-corrected chi connectivity index (χ2v) is 3.25. The summed E-state index contributed by atoms with van der Waals surface area (Å²) in [6.07, 6.45) is -1.18. The highest BCUT2D eigenvalue weighted by Crippen LogP contribution is 2.19. The van der Waals surface area contributed by atoms with Crippen LogP contribution in [0.5, 0.6) is 0 Å². The average molecular weight is 225 g/mol. The molecule has 0 heterocycles. The summed E-state index contributed by atoms with van der Waals surface area (Å²) in [4.78, 5) is 15.9. The fourth-order valence-electron chi connectivity index (χ4n) is 1.34. The van der Waals surface area contributed by atoms with Gasteiger partial charge in [-0.2, -0.15) is 5.06 Å². The molecule has 0 aliphatic rings. The van der Waals surface area contributed by atoms with E-state index in [4.69, 9.17) is 15.1 Å². The number of benzene rings is 1. The maximum atomic E-state index is 10.9. The largest absolute Gasteiger partial charge is 0.463 e. The zero-order valence-corrected chi connectivity index (χ0v) is 9.04. The lowest BCUT2D eigenvalue weighted by molar-refractivity contribution is -0.161. The Morgan fingerprint density at radius 1 is 1.44 bits per heavy atom. The first-order valence-electron chi connectivity index (χ1n) is 4.97. The van der Waals surface area contributed by atoms with Crippen LogP contribution in [-0.4, -0.2) is 34.6 Å². The lowest BCUT2D eigenvalue weighted by atomic mass is 10.1. The SMILES string of the molecule is CC(c1ccccc1)N(OCCO)C(=O)O. The quantitative estimate of drug-likeness (QED) is 0.747. The van der Waals surface area contributed by atoms with E-state index in [0.717, 1.165) is 10.6 Å². The van der Waals surface area contributed by atoms with Crippen LogP contribution in [0, 0.1) is 0 Å². The van der Waals surface area contributed by atoms with Gasteiger partial charge in [-0.1, -0.05) is 30.3 Å². The van der Waals surface area contributed by atoms with Crippen LogP contribution < -0.4 is 0 Å². The van der Waals surface area contributed by atoms with Crippen LogP contribution in [0.3, 0.4) is 0 Å². The van der Waals surface area contributed by atoms with Gasteiger partial charge in [0, 0.05) is 0 Å². The van der Waals surface area contributed by atoms with Gasteiger partial charge in [0.05, 0.1) is 19.3 Å². The number of aliphatic hydroxyl groups excluding tert-OH is 1. The molecule has 1 aromatic rings. The van der Waals surface area contributed by atoms with Crippen molar-refractivity contribution in [2.24, 2.45) is 0 Å². The van der Waals surface area contributed by atoms with Crippen molar-refractivity contribution in [3.8, 4) is 0 Å². The third-order valence-electron chi connectivity index (χ3n) is 2.14. The molecular weight excluding hydrogens is 210 g/mol. The van der Waals surface area contributed by atoms with Crippen molar-refractivity contribution in [3.05, 3.63) is 35.9 Å². The molecule has 5 nitrogen and oxygen atoms in total. The molecule has 0 radical (unpaired) electrons. The summed E-state index contributed by atoms with van der Waals surface area (Å²) in [5, 5.41) is 18.4. The summed E-state index contributed by atoms with van der Waals surface area (Å²) in [5.74, 6) is 0. The van der Waals surface area contributed by atoms with E-state index in [2.05, 4.69) is 0 Å². The molecule has 5 heteroatoms. The van der Waals surface area contributed by atoms with Crippen molar-refractivity contribution in [1.82, 2.24) is 5.06 Å². The maximum absolute atomic E-state index is 10.9. The molecule has 0 saturated carbocycles. The van der Waals surface area contributed by atoms with Crippen molar-refractivity contribution < 1.29 is 19.8 Å². The Morgan fingerprint density at radius 2 is 2.06 bits per heavy atom. The molecule has 0 aromatic heterocycles. The zero-order valence-electron chi connectivity index (χ0n) is 9.04. The molecule has 1 amide bonds. The fourth-order valence-corrected chi connectivity index (χ4v) is 1.34. The highest BCUT2D eigenvalue weighted by molar-refractivity contribution is 5.64. The molecule has 1 unspecified atom stereocenters. The molecule has 0 bridgehead atoms. The topological polar surface area (TPSA) is 70.0 Å². The number of amides is 1. The van der Waals surface area contributed by atoms with Crippen LogP contribution in [0.25, 0.3) is 0 Å². The van der Waals surface area contributed by atoms with E-state index in [1.54, 1.807) is 6.92 Å². The van der Waals surface area contributed by atoms with Crippen LogP contribution >= 0.6 is 0 Å². The zero-order chi connectivity index (χ0) is 12.0. The number of nitrogens with zero attached hydrogens (tertiary/aromatic N) is 1. The number of hydrogen-bond acceptors (Lipinski definition) is 3. The van der Waals surface area contributed by atoms with E-state index >= 15 is 0 Å². The molecule has 1 atom stereocenters. The minimum Gasteiger partial charge on any atom is -0.463 e. The Morgan fingerprint density at radius 3 is 2.56 bits per heavy atom. The van der Waals surface area contributed by atoms with Gasteiger partial charge >= 0.3 is 6.09 Å². The smallest absolute Gasteiger partial charge is 0.432 e. The Bertz CT molecular complexity index is 328. The Balaban J connectivity index is 2.75. The molecule has 0 fully saturated rings. The van der Waals surface area contributed by atoms with E-state index in [9.17, 15) is 4.79 Å². The highest BCUT2D eigenvalue weighted by Gasteiger charge is 2.21. The number of hydroxylamine groups is 2. The maximum Gasteiger partial charge on any atom is 0.432 e. The van der Waals surface area contributed by atoms with E-state index in [1.807, 2.05) is 30.3 Å². The second-order valence-electron chi connectivity index (χ2n) is 3.25. The first kappa shape index (κ1) is 12.5. The summed E-state index contributed by atoms with van der Waals surface area (Å²) in [6, 6.07) is 8.75. The van der Waals surface area contributed by atoms with Crippen LogP contribution in [0.1, 0.15) is 18.5 Å². The van der Waals surface area contributed by atoms with E-state index in [-0.39, 0.29) is 13.2 Å². The van der Waals surface area contributed by atoms with Crippen LogP contribution in [0.2, 0.25) is 0 Å². The number of hydrogen-bond donors (Lipinski definition) is 2. The predicted molar refractivity (Wildman–Crippen MR) is 57.8 cm³/mol. The predicted octanol–water partition coefficient (Wildman–Crippen LogP) is 1.65. The first-order valence-corrected chi connectivity index (χ1v) is 4.97. The molecule has 1 aromatic carbocycles. The minimum absolute atomic E-state index is 0.0382. The molecule has 2 N–H and O–H groups in total. The third-order valence-corrected chi connectivity index (χ3v) is 2.14. The van der Waals surface area contributed by atoms with Crippen molar-refractivity contribution in [1.29, 1.82) is 0 Å². The lowest BCUT2D eigenvalue weighted by Crippen LogP contribution is -2.33. The van der Waals surface area contributed by atoms with Gasteiger partial charge in [0.15, 0.2) is 0 Å². The van der Waals surface area contributed by atoms with Crippen molar-refractivity contribution in [3.63, 3.8) is 0 Å². The summed E-state index contributed by atoms with van der Waals surface area (Å²) < 4.78 is 0. The van der Waals surface area contributed by atoms with Gasteiger partial charge in [0.25, 0.3) is 0 Å². The van der Waals surface area contributed by atoms with Crippen LogP contribution in [0.15, 0.2) is 30.3 Å². The summed E-state index contributed by atoms with van der Waals surface area (Å²) in [5.41, 5.74) is 0.836. The molecule has 0 aliphatic heterocycles. The first-order chi connectivity index (χ1) is 7.66. The highest BCUT2D eigenvalue weighted by atomic mass is 16.7. The van der Waals surface area contributed by atoms with Crippen molar-refractivity contribution >= 4 is 6.09 Å². The lowest BCUT2D eigenvalue weighted by Gasteiger charge is -2.25. The fraction of sp³-hybridized carbons (Fsp3) is 0.364. The van der Waals surface area contributed by atoms with E-state index < -0.39 is 12.1 Å². The third kappa shape index (κ3) is 3.22. The molecule has 88 valence electrons. The Kier molecular flexibility index (Phi) is 4.75. The van der Waals surface area contributed by atoms with E-state index in [1.165, 1.54) is 0 Å². The van der Waals surface area contributed by atoms with Gasteiger partial charge < -0.3 is 10.2 Å². The molecule has 16 heavy (non-hydrogen) atoms. The van der Waals surface area contributed by atoms with Gasteiger partial charge in [-0.3, -0.25) is 4.84 Å². The second kappa shape index (κ2) is 6.09. The molecule has 0 aliphatic carbocycles. The van der Waals surface area contributed by atoms with Gasteiger partial charge in [0.2, 0.25) is 0 Å². The number of aliphatic hydroxyl groups is 1. The molecular formula is C11H15NO4. The summed E-state index contributed by atoms with van der Waals surface area (Å²) in [6.45, 7) is 1.47. The number of rotatable bonds is 5. The van der Waals surface area contributed by atoms with Crippen LogP contribution in [0.4, 0.5) is 4.79 Å². The summed E-state index contributed by atoms with van der Waals surface area (Å²) >= 11 is 0. The van der Waals surface area contributed by atoms with Crippen LogP contribution in [-0.2, 0) is 4.84 Å². The summed E-state index contributed by atoms with van der Waals surface area (Å²) in [7, 11) is 0. The number of carbonyl (C=O) groups is 1. The molecule has 0 saturated heterocycles. The van der Waals surface area contributed by atoms with Crippen molar-refractivity contribution in [2.45, 2.75) is 13.0 Å².